The van der Waals surface area contributed by atoms with Gasteiger partial charge in [0.2, 0.25) is 5.91 Å². The number of nitrogens with zero attached hydrogens (tertiary/aromatic N) is 3. The zero-order valence-corrected chi connectivity index (χ0v) is 13.9. The Hall–Kier alpha value is -1.70. The monoisotopic (exact) mass is 334 g/mol. The molecule has 7 heteroatoms. The molecule has 0 spiro atoms. The van der Waals surface area contributed by atoms with Crippen LogP contribution in [0.25, 0.3) is 0 Å². The van der Waals surface area contributed by atoms with Gasteiger partial charge in [-0.1, -0.05) is 6.07 Å². The second kappa shape index (κ2) is 8.24. The minimum Gasteiger partial charge on any atom is -0.379 e. The lowest BCUT2D eigenvalue weighted by atomic mass is 10.2. The fourth-order valence-corrected chi connectivity index (χ4v) is 3.59. The number of carbonyl (C=O) groups is 1. The Morgan fingerprint density at radius 3 is 2.96 bits per heavy atom. The number of aryl methyl sites for hydroxylation is 1. The van der Waals surface area contributed by atoms with Crippen LogP contribution >= 0.6 is 11.3 Å². The highest BCUT2D eigenvalue weighted by molar-refractivity contribution is 7.10. The summed E-state index contributed by atoms with van der Waals surface area (Å²) in [6.45, 7) is 4.58. The van der Waals surface area contributed by atoms with Gasteiger partial charge in [-0.2, -0.15) is 5.10 Å². The van der Waals surface area contributed by atoms with Crippen LogP contribution in [0.2, 0.25) is 0 Å². The maximum Gasteiger partial charge on any atom is 0.221 e. The molecule has 1 N–H and O–H groups in total. The summed E-state index contributed by atoms with van der Waals surface area (Å²) in [5.41, 5.74) is 0. The molecule has 2 aromatic rings. The first-order chi connectivity index (χ1) is 11.3. The standard InChI is InChI=1S/C16H22N4O2S/c21-16(4-7-20-6-2-5-18-20)17-13-14(15-3-1-12-23-15)19-8-10-22-11-9-19/h1-3,5-6,12,14H,4,7-11,13H2,(H,17,21)/t14-/m1/s1. The smallest absolute Gasteiger partial charge is 0.221 e. The Morgan fingerprint density at radius 2 is 2.26 bits per heavy atom. The minimum atomic E-state index is 0.0651. The van der Waals surface area contributed by atoms with Crippen molar-refractivity contribution in [3.05, 3.63) is 40.8 Å². The first kappa shape index (κ1) is 16.2. The molecule has 2 aromatic heterocycles. The van der Waals surface area contributed by atoms with Crippen molar-refractivity contribution in [2.45, 2.75) is 19.0 Å². The summed E-state index contributed by atoms with van der Waals surface area (Å²) < 4.78 is 7.21. The number of amides is 1. The molecule has 3 heterocycles. The Kier molecular flexibility index (Phi) is 5.79. The van der Waals surface area contributed by atoms with Crippen molar-refractivity contribution in [3.8, 4) is 0 Å². The van der Waals surface area contributed by atoms with E-state index in [1.54, 1.807) is 22.2 Å². The van der Waals surface area contributed by atoms with E-state index >= 15 is 0 Å². The van der Waals surface area contributed by atoms with E-state index in [1.165, 1.54) is 4.88 Å². The van der Waals surface area contributed by atoms with Gasteiger partial charge in [-0.25, -0.2) is 0 Å². The van der Waals surface area contributed by atoms with Crippen LogP contribution in [-0.4, -0.2) is 53.4 Å². The Balaban J connectivity index is 1.52. The number of hydrogen-bond acceptors (Lipinski definition) is 5. The molecule has 1 aliphatic heterocycles. The fourth-order valence-electron chi connectivity index (χ4n) is 2.73. The van der Waals surface area contributed by atoms with Gasteiger partial charge in [0.25, 0.3) is 0 Å². The van der Waals surface area contributed by atoms with Crippen LogP contribution in [0.15, 0.2) is 36.0 Å². The third-order valence-corrected chi connectivity index (χ3v) is 4.95. The quantitative estimate of drug-likeness (QED) is 0.834. The fraction of sp³-hybridized carbons (Fsp3) is 0.500. The third kappa shape index (κ3) is 4.63. The highest BCUT2D eigenvalue weighted by Gasteiger charge is 2.23. The van der Waals surface area contributed by atoms with E-state index in [4.69, 9.17) is 4.74 Å². The third-order valence-electron chi connectivity index (χ3n) is 3.98. The van der Waals surface area contributed by atoms with Crippen molar-refractivity contribution in [1.29, 1.82) is 0 Å². The SMILES string of the molecule is O=C(CCn1cccn1)NC[C@H](c1cccs1)N1CCOCC1. The molecule has 1 amide bonds. The van der Waals surface area contributed by atoms with Gasteiger partial charge < -0.3 is 10.1 Å². The van der Waals surface area contributed by atoms with Gasteiger partial charge in [0, 0.05) is 49.9 Å². The lowest BCUT2D eigenvalue weighted by Gasteiger charge is -2.34. The molecule has 1 atom stereocenters. The molecule has 3 rings (SSSR count). The van der Waals surface area contributed by atoms with E-state index < -0.39 is 0 Å². The van der Waals surface area contributed by atoms with E-state index in [0.29, 0.717) is 19.5 Å². The highest BCUT2D eigenvalue weighted by Crippen LogP contribution is 2.25. The number of nitrogens with one attached hydrogen (secondary N) is 1. The lowest BCUT2D eigenvalue weighted by molar-refractivity contribution is -0.121. The van der Waals surface area contributed by atoms with E-state index in [1.807, 2.05) is 12.3 Å². The molecule has 0 aromatic carbocycles. The van der Waals surface area contributed by atoms with Crippen molar-refractivity contribution in [3.63, 3.8) is 0 Å². The van der Waals surface area contributed by atoms with Gasteiger partial charge >= 0.3 is 0 Å². The van der Waals surface area contributed by atoms with Crippen LogP contribution < -0.4 is 5.32 Å². The average Bonchev–Trinajstić information content (AvgIpc) is 3.28. The van der Waals surface area contributed by atoms with Crippen LogP contribution in [0.3, 0.4) is 0 Å². The Labute approximate surface area is 140 Å². The normalized spacial score (nSPS) is 17.0. The maximum atomic E-state index is 12.1. The summed E-state index contributed by atoms with van der Waals surface area (Å²) in [7, 11) is 0. The first-order valence-corrected chi connectivity index (χ1v) is 8.80. The molecule has 0 unspecified atom stereocenters. The molecule has 23 heavy (non-hydrogen) atoms. The predicted octanol–water partition coefficient (Wildman–Crippen LogP) is 1.52. The van der Waals surface area contributed by atoms with Crippen LogP contribution in [0.5, 0.6) is 0 Å². The zero-order chi connectivity index (χ0) is 15.9. The van der Waals surface area contributed by atoms with Gasteiger partial charge in [0.15, 0.2) is 0 Å². The first-order valence-electron chi connectivity index (χ1n) is 7.92. The van der Waals surface area contributed by atoms with Gasteiger partial charge in [0.1, 0.15) is 0 Å². The molecule has 0 aliphatic carbocycles. The number of hydrogen-bond donors (Lipinski definition) is 1. The van der Waals surface area contributed by atoms with E-state index in [9.17, 15) is 4.79 Å². The van der Waals surface area contributed by atoms with Crippen molar-refractivity contribution >= 4 is 17.2 Å². The summed E-state index contributed by atoms with van der Waals surface area (Å²) in [6.07, 6.45) is 4.04. The topological polar surface area (TPSA) is 59.4 Å². The van der Waals surface area contributed by atoms with Crippen molar-refractivity contribution in [2.75, 3.05) is 32.8 Å². The van der Waals surface area contributed by atoms with Crippen molar-refractivity contribution < 1.29 is 9.53 Å². The molecular formula is C16H22N4O2S. The summed E-state index contributed by atoms with van der Waals surface area (Å²) in [6, 6.07) is 6.30. The number of morpholine rings is 1. The summed E-state index contributed by atoms with van der Waals surface area (Å²) in [5, 5.41) is 9.27. The average molecular weight is 334 g/mol. The number of aromatic nitrogens is 2. The number of ether oxygens (including phenoxy) is 1. The second-order valence-electron chi connectivity index (χ2n) is 5.50. The molecule has 1 fully saturated rings. The molecule has 6 nitrogen and oxygen atoms in total. The van der Waals surface area contributed by atoms with Gasteiger partial charge in [-0.3, -0.25) is 14.4 Å². The highest BCUT2D eigenvalue weighted by atomic mass is 32.1. The van der Waals surface area contributed by atoms with Crippen molar-refractivity contribution in [1.82, 2.24) is 20.0 Å². The summed E-state index contributed by atoms with van der Waals surface area (Å²) >= 11 is 1.74. The molecule has 0 bridgehead atoms. The van der Waals surface area contributed by atoms with E-state index in [2.05, 4.69) is 32.8 Å². The lowest BCUT2D eigenvalue weighted by Crippen LogP contribution is -2.43. The molecule has 0 radical (unpaired) electrons. The minimum absolute atomic E-state index is 0.0651. The van der Waals surface area contributed by atoms with Gasteiger partial charge in [0.05, 0.1) is 19.3 Å². The number of carbonyl (C=O) groups excluding carboxylic acids is 1. The van der Waals surface area contributed by atoms with E-state index in [-0.39, 0.29) is 11.9 Å². The second-order valence-corrected chi connectivity index (χ2v) is 6.48. The molecule has 1 aliphatic rings. The van der Waals surface area contributed by atoms with E-state index in [0.717, 1.165) is 26.3 Å². The Morgan fingerprint density at radius 1 is 1.39 bits per heavy atom. The zero-order valence-electron chi connectivity index (χ0n) is 13.1. The molecule has 124 valence electrons. The molecular weight excluding hydrogens is 312 g/mol. The number of rotatable bonds is 7. The van der Waals surface area contributed by atoms with Crippen LogP contribution in [-0.2, 0) is 16.1 Å². The predicted molar refractivity (Wildman–Crippen MR) is 89.3 cm³/mol. The molecule has 0 saturated carbocycles. The van der Waals surface area contributed by atoms with Gasteiger partial charge in [-0.15, -0.1) is 11.3 Å². The summed E-state index contributed by atoms with van der Waals surface area (Å²) in [5.74, 6) is 0.0651. The summed E-state index contributed by atoms with van der Waals surface area (Å²) in [4.78, 5) is 15.8. The van der Waals surface area contributed by atoms with Crippen molar-refractivity contribution in [2.24, 2.45) is 0 Å². The maximum absolute atomic E-state index is 12.1. The van der Waals surface area contributed by atoms with Crippen LogP contribution in [0.1, 0.15) is 17.3 Å². The van der Waals surface area contributed by atoms with Gasteiger partial charge in [-0.05, 0) is 17.5 Å². The largest absolute Gasteiger partial charge is 0.379 e. The number of thiophene rings is 1. The van der Waals surface area contributed by atoms with Crippen LogP contribution in [0.4, 0.5) is 0 Å². The van der Waals surface area contributed by atoms with Crippen LogP contribution in [0, 0.1) is 0 Å². The Bertz CT molecular complexity index is 579. The molecule has 1 saturated heterocycles.